The molecule has 6 nitrogen and oxygen atoms in total. The largest absolute Gasteiger partial charge is 0.480 e. The average Bonchev–Trinajstić information content (AvgIpc) is 2.72. The Labute approximate surface area is 115 Å². The summed E-state index contributed by atoms with van der Waals surface area (Å²) < 4.78 is 0. The number of aromatic nitrogens is 1. The number of hydrogen-bond acceptors (Lipinski definition) is 3. The second-order valence-electron chi connectivity index (χ2n) is 4.59. The Bertz CT molecular complexity index is 648. The molecule has 1 aromatic carbocycles. The molecule has 1 aromatic heterocycles. The number of carbonyl (C=O) groups is 2. The van der Waals surface area contributed by atoms with Crippen molar-refractivity contribution in [3.8, 4) is 0 Å². The van der Waals surface area contributed by atoms with E-state index in [1.165, 1.54) is 0 Å². The number of benzene rings is 1. The molecule has 0 aliphatic carbocycles. The van der Waals surface area contributed by atoms with Crippen molar-refractivity contribution in [1.82, 2.24) is 10.3 Å². The number of para-hydroxylation sites is 1. The van der Waals surface area contributed by atoms with Gasteiger partial charge in [-0.15, -0.1) is 0 Å². The maximum absolute atomic E-state index is 11.9. The molecule has 6 heteroatoms. The summed E-state index contributed by atoms with van der Waals surface area (Å²) in [7, 11) is 0. The molecule has 1 heterocycles. The van der Waals surface area contributed by atoms with Gasteiger partial charge >= 0.3 is 5.97 Å². The Morgan fingerprint density at radius 3 is 2.70 bits per heavy atom. The number of hydrogen-bond donors (Lipinski definition) is 4. The highest BCUT2D eigenvalue weighted by Crippen LogP contribution is 2.22. The highest BCUT2D eigenvalue weighted by Gasteiger charge is 2.20. The number of aliphatic hydroxyl groups excluding tert-OH is 1. The van der Waals surface area contributed by atoms with Crippen molar-refractivity contribution in [3.63, 3.8) is 0 Å². The topological polar surface area (TPSA) is 102 Å². The van der Waals surface area contributed by atoms with Gasteiger partial charge in [0.1, 0.15) is 6.04 Å². The lowest BCUT2D eigenvalue weighted by Crippen LogP contribution is -2.44. The normalized spacial score (nSPS) is 12.3. The number of aryl methyl sites for hydroxylation is 1. The molecule has 20 heavy (non-hydrogen) atoms. The van der Waals surface area contributed by atoms with Crippen LogP contribution in [0.4, 0.5) is 0 Å². The highest BCUT2D eigenvalue weighted by atomic mass is 16.4. The van der Waals surface area contributed by atoms with Crippen molar-refractivity contribution >= 4 is 22.8 Å². The van der Waals surface area contributed by atoms with Crippen LogP contribution in [0.25, 0.3) is 10.9 Å². The molecule has 0 aliphatic rings. The lowest BCUT2D eigenvalue weighted by Gasteiger charge is -2.11. The predicted octanol–water partition coefficient (Wildman–Crippen LogP) is 0.581. The molecule has 4 N–H and O–H groups in total. The second kappa shape index (κ2) is 5.75. The van der Waals surface area contributed by atoms with Crippen molar-refractivity contribution < 1.29 is 19.8 Å². The van der Waals surface area contributed by atoms with Gasteiger partial charge in [0.2, 0.25) is 5.91 Å². The smallest absolute Gasteiger partial charge is 0.328 e. The maximum atomic E-state index is 11.9. The van der Waals surface area contributed by atoms with Gasteiger partial charge in [-0.3, -0.25) is 4.79 Å². The van der Waals surface area contributed by atoms with Gasteiger partial charge in [0, 0.05) is 16.6 Å². The van der Waals surface area contributed by atoms with E-state index in [-0.39, 0.29) is 6.42 Å². The van der Waals surface area contributed by atoms with E-state index in [2.05, 4.69) is 10.3 Å². The fraction of sp³-hybridized carbons (Fsp3) is 0.286. The Kier molecular flexibility index (Phi) is 4.05. The summed E-state index contributed by atoms with van der Waals surface area (Å²) in [6.07, 6.45) is 0.0691. The molecule has 0 unspecified atom stereocenters. The predicted molar refractivity (Wildman–Crippen MR) is 73.4 cm³/mol. The zero-order chi connectivity index (χ0) is 14.7. The molecule has 2 aromatic rings. The summed E-state index contributed by atoms with van der Waals surface area (Å²) in [6, 6.07) is 6.33. The highest BCUT2D eigenvalue weighted by molar-refractivity contribution is 5.91. The number of amides is 1. The number of rotatable bonds is 5. The molecule has 0 spiro atoms. The molecular weight excluding hydrogens is 260 g/mol. The van der Waals surface area contributed by atoms with E-state index in [0.29, 0.717) is 0 Å². The lowest BCUT2D eigenvalue weighted by molar-refractivity contribution is -0.142. The summed E-state index contributed by atoms with van der Waals surface area (Å²) in [6.45, 7) is 1.23. The minimum absolute atomic E-state index is 0.0691. The van der Waals surface area contributed by atoms with E-state index < -0.39 is 24.5 Å². The second-order valence-corrected chi connectivity index (χ2v) is 4.59. The van der Waals surface area contributed by atoms with E-state index in [1.54, 1.807) is 0 Å². The standard InChI is InChI=1S/C14H16N2O4/c1-8-10(9-4-2-3-5-11(9)15-8)6-13(18)16-12(7-17)14(19)20/h2-5,12,15,17H,6-7H2,1H3,(H,16,18)(H,19,20)/t12-/m0/s1. The number of carboxylic acids is 1. The maximum Gasteiger partial charge on any atom is 0.328 e. The van der Waals surface area contributed by atoms with E-state index in [1.807, 2.05) is 31.2 Å². The summed E-state index contributed by atoms with van der Waals surface area (Å²) in [5.41, 5.74) is 2.64. The van der Waals surface area contributed by atoms with Crippen LogP contribution >= 0.6 is 0 Å². The van der Waals surface area contributed by atoms with Crippen LogP contribution in [-0.2, 0) is 16.0 Å². The third-order valence-electron chi connectivity index (χ3n) is 3.18. The number of aliphatic carboxylic acids is 1. The van der Waals surface area contributed by atoms with Crippen LogP contribution in [0.15, 0.2) is 24.3 Å². The Morgan fingerprint density at radius 1 is 1.35 bits per heavy atom. The summed E-state index contributed by atoms with van der Waals surface area (Å²) in [5.74, 6) is -1.68. The van der Waals surface area contributed by atoms with Gasteiger partial charge < -0.3 is 20.5 Å². The molecule has 0 fully saturated rings. The fourth-order valence-corrected chi connectivity index (χ4v) is 2.15. The monoisotopic (exact) mass is 276 g/mol. The van der Waals surface area contributed by atoms with Crippen molar-refractivity contribution in [2.75, 3.05) is 6.61 Å². The van der Waals surface area contributed by atoms with Gasteiger partial charge in [-0.1, -0.05) is 18.2 Å². The van der Waals surface area contributed by atoms with Crippen LogP contribution in [0.5, 0.6) is 0 Å². The average molecular weight is 276 g/mol. The molecule has 0 bridgehead atoms. The summed E-state index contributed by atoms with van der Waals surface area (Å²) in [5, 5.41) is 20.9. The Hall–Kier alpha value is -2.34. The number of aromatic amines is 1. The van der Waals surface area contributed by atoms with Gasteiger partial charge in [-0.2, -0.15) is 0 Å². The van der Waals surface area contributed by atoms with E-state index in [4.69, 9.17) is 10.2 Å². The molecule has 1 amide bonds. The quantitative estimate of drug-likeness (QED) is 0.641. The zero-order valence-electron chi connectivity index (χ0n) is 11.0. The number of nitrogens with one attached hydrogen (secondary N) is 2. The molecule has 0 saturated heterocycles. The van der Waals surface area contributed by atoms with Gasteiger partial charge in [0.05, 0.1) is 13.0 Å². The van der Waals surface area contributed by atoms with Gasteiger partial charge in [0.15, 0.2) is 0 Å². The summed E-state index contributed by atoms with van der Waals surface area (Å²) in [4.78, 5) is 25.8. The molecule has 106 valence electrons. The van der Waals surface area contributed by atoms with Crippen LogP contribution in [-0.4, -0.2) is 39.7 Å². The van der Waals surface area contributed by atoms with Crippen molar-refractivity contribution in [1.29, 1.82) is 0 Å². The SMILES string of the molecule is Cc1[nH]c2ccccc2c1CC(=O)N[C@@H](CO)C(=O)O. The molecule has 2 rings (SSSR count). The third-order valence-corrected chi connectivity index (χ3v) is 3.18. The minimum Gasteiger partial charge on any atom is -0.480 e. The number of H-pyrrole nitrogens is 1. The van der Waals surface area contributed by atoms with E-state index >= 15 is 0 Å². The van der Waals surface area contributed by atoms with Crippen molar-refractivity contribution in [3.05, 3.63) is 35.5 Å². The minimum atomic E-state index is -1.27. The third kappa shape index (κ3) is 2.80. The molecule has 0 aliphatic heterocycles. The van der Waals surface area contributed by atoms with Crippen LogP contribution in [0, 0.1) is 6.92 Å². The van der Waals surface area contributed by atoms with E-state index in [0.717, 1.165) is 22.2 Å². The first kappa shape index (κ1) is 14.1. The van der Waals surface area contributed by atoms with Gasteiger partial charge in [0.25, 0.3) is 0 Å². The summed E-state index contributed by atoms with van der Waals surface area (Å²) >= 11 is 0. The lowest BCUT2D eigenvalue weighted by atomic mass is 10.1. The first-order valence-corrected chi connectivity index (χ1v) is 6.22. The first-order valence-electron chi connectivity index (χ1n) is 6.22. The van der Waals surface area contributed by atoms with Crippen LogP contribution in [0.2, 0.25) is 0 Å². The molecule has 0 radical (unpaired) electrons. The number of fused-ring (bicyclic) bond motifs is 1. The first-order chi connectivity index (χ1) is 9.52. The van der Waals surface area contributed by atoms with Crippen molar-refractivity contribution in [2.45, 2.75) is 19.4 Å². The van der Waals surface area contributed by atoms with Gasteiger partial charge in [-0.25, -0.2) is 4.79 Å². The number of aliphatic hydroxyl groups is 1. The molecule has 0 saturated carbocycles. The Morgan fingerprint density at radius 2 is 2.05 bits per heavy atom. The molecular formula is C14H16N2O4. The van der Waals surface area contributed by atoms with Crippen LogP contribution in [0.3, 0.4) is 0 Å². The molecule has 1 atom stereocenters. The fourth-order valence-electron chi connectivity index (χ4n) is 2.15. The number of carboxylic acid groups (broad SMARTS) is 1. The number of carbonyl (C=O) groups excluding carboxylic acids is 1. The Balaban J connectivity index is 2.18. The van der Waals surface area contributed by atoms with Crippen molar-refractivity contribution in [2.24, 2.45) is 0 Å². The van der Waals surface area contributed by atoms with Crippen LogP contribution in [0.1, 0.15) is 11.3 Å². The van der Waals surface area contributed by atoms with Gasteiger partial charge in [-0.05, 0) is 18.6 Å². The zero-order valence-corrected chi connectivity index (χ0v) is 11.0. The van der Waals surface area contributed by atoms with Crippen LogP contribution < -0.4 is 5.32 Å². The van der Waals surface area contributed by atoms with E-state index in [9.17, 15) is 9.59 Å².